The lowest BCUT2D eigenvalue weighted by atomic mass is 10.1. The van der Waals surface area contributed by atoms with E-state index < -0.39 is 24.2 Å². The molecule has 5 heteroatoms. The van der Waals surface area contributed by atoms with Gasteiger partial charge in [-0.15, -0.1) is 0 Å². The van der Waals surface area contributed by atoms with Crippen molar-refractivity contribution in [2.45, 2.75) is 0 Å². The molecule has 0 unspecified atom stereocenters. The third kappa shape index (κ3) is 4.78. The maximum atomic E-state index is 12.8. The van der Waals surface area contributed by atoms with Crippen LogP contribution in [0.25, 0.3) is 6.08 Å². The van der Waals surface area contributed by atoms with Crippen molar-refractivity contribution in [3.63, 3.8) is 0 Å². The van der Waals surface area contributed by atoms with Gasteiger partial charge in [0.1, 0.15) is 11.6 Å². The molecule has 4 nitrogen and oxygen atoms in total. The van der Waals surface area contributed by atoms with Crippen LogP contribution in [-0.4, -0.2) is 25.5 Å². The second-order valence-electron chi connectivity index (χ2n) is 4.61. The van der Waals surface area contributed by atoms with Gasteiger partial charge in [-0.1, -0.05) is 18.2 Å². The molecular weight excluding hydrogens is 299 g/mol. The zero-order chi connectivity index (χ0) is 16.7. The summed E-state index contributed by atoms with van der Waals surface area (Å²) >= 11 is 0. The van der Waals surface area contributed by atoms with E-state index in [0.29, 0.717) is 5.75 Å². The van der Waals surface area contributed by atoms with Crippen molar-refractivity contribution in [1.29, 1.82) is 0 Å². The van der Waals surface area contributed by atoms with Crippen molar-refractivity contribution in [2.75, 3.05) is 13.7 Å². The molecule has 0 spiro atoms. The Morgan fingerprint density at radius 3 is 2.48 bits per heavy atom. The summed E-state index contributed by atoms with van der Waals surface area (Å²) in [6.07, 6.45) is 2.76. The Morgan fingerprint density at radius 1 is 1.09 bits per heavy atom. The Hall–Kier alpha value is -2.95. The number of ether oxygens (including phenoxy) is 2. The fraction of sp³-hybridized carbons (Fsp3) is 0.111. The van der Waals surface area contributed by atoms with Gasteiger partial charge in [-0.3, -0.25) is 4.79 Å². The van der Waals surface area contributed by atoms with Crippen LogP contribution in [-0.2, 0) is 9.53 Å². The zero-order valence-electron chi connectivity index (χ0n) is 12.5. The van der Waals surface area contributed by atoms with Crippen molar-refractivity contribution >= 4 is 17.8 Å². The van der Waals surface area contributed by atoms with Gasteiger partial charge in [-0.05, 0) is 36.4 Å². The van der Waals surface area contributed by atoms with E-state index in [0.717, 1.165) is 5.56 Å². The first-order valence-corrected chi connectivity index (χ1v) is 6.87. The number of methoxy groups -OCH3 is 1. The Balaban J connectivity index is 1.91. The molecule has 2 aromatic carbocycles. The third-order valence-corrected chi connectivity index (χ3v) is 3.05. The molecule has 0 amide bonds. The molecule has 23 heavy (non-hydrogen) atoms. The smallest absolute Gasteiger partial charge is 0.331 e. The van der Waals surface area contributed by atoms with Crippen LogP contribution in [0.2, 0.25) is 0 Å². The van der Waals surface area contributed by atoms with Crippen LogP contribution in [0.4, 0.5) is 4.39 Å². The highest BCUT2D eigenvalue weighted by molar-refractivity contribution is 5.98. The summed E-state index contributed by atoms with van der Waals surface area (Å²) in [5, 5.41) is 0. The number of benzene rings is 2. The molecule has 0 fully saturated rings. The van der Waals surface area contributed by atoms with E-state index in [9.17, 15) is 14.0 Å². The summed E-state index contributed by atoms with van der Waals surface area (Å²) in [4.78, 5) is 23.4. The standard InChI is InChI=1S/C18H15FO4/c1-22-17-5-3-2-4-14(17)8-11-18(21)23-12-16(20)13-6-9-15(19)10-7-13/h2-11H,12H2,1H3/b11-8+. The minimum absolute atomic E-state index is 0.285. The second-order valence-corrected chi connectivity index (χ2v) is 4.61. The van der Waals surface area contributed by atoms with Crippen molar-refractivity contribution in [3.8, 4) is 5.75 Å². The molecule has 0 aliphatic rings. The van der Waals surface area contributed by atoms with E-state index in [1.807, 2.05) is 12.1 Å². The minimum Gasteiger partial charge on any atom is -0.496 e. The van der Waals surface area contributed by atoms with E-state index in [4.69, 9.17) is 9.47 Å². The Bertz CT molecular complexity index is 720. The number of para-hydroxylation sites is 1. The van der Waals surface area contributed by atoms with Crippen LogP contribution in [0.15, 0.2) is 54.6 Å². The fourth-order valence-corrected chi connectivity index (χ4v) is 1.87. The molecule has 0 aromatic heterocycles. The number of hydrogen-bond acceptors (Lipinski definition) is 4. The summed E-state index contributed by atoms with van der Waals surface area (Å²) in [7, 11) is 1.53. The Morgan fingerprint density at radius 2 is 1.78 bits per heavy atom. The van der Waals surface area contributed by atoms with Crippen LogP contribution >= 0.6 is 0 Å². The van der Waals surface area contributed by atoms with Gasteiger partial charge in [0.15, 0.2) is 12.4 Å². The summed E-state index contributed by atoms with van der Waals surface area (Å²) in [5.41, 5.74) is 1.00. The van der Waals surface area contributed by atoms with Crippen LogP contribution in [0.5, 0.6) is 5.75 Å². The predicted molar refractivity (Wildman–Crippen MR) is 83.7 cm³/mol. The quantitative estimate of drug-likeness (QED) is 0.466. The highest BCUT2D eigenvalue weighted by atomic mass is 19.1. The average molecular weight is 314 g/mol. The summed E-state index contributed by atoms with van der Waals surface area (Å²) < 4.78 is 22.8. The van der Waals surface area contributed by atoms with Crippen LogP contribution in [0.3, 0.4) is 0 Å². The molecule has 2 rings (SSSR count). The average Bonchev–Trinajstić information content (AvgIpc) is 2.58. The van der Waals surface area contributed by atoms with Gasteiger partial charge in [0.05, 0.1) is 7.11 Å². The monoisotopic (exact) mass is 314 g/mol. The lowest BCUT2D eigenvalue weighted by Gasteiger charge is -2.04. The molecule has 0 aliphatic heterocycles. The molecule has 0 saturated carbocycles. The molecule has 2 aromatic rings. The number of carbonyl (C=O) groups excluding carboxylic acids is 2. The molecule has 0 saturated heterocycles. The number of ketones is 1. The van der Waals surface area contributed by atoms with Gasteiger partial charge in [0.2, 0.25) is 0 Å². The first-order valence-electron chi connectivity index (χ1n) is 6.87. The molecular formula is C18H15FO4. The lowest BCUT2D eigenvalue weighted by molar-refractivity contribution is -0.136. The summed E-state index contributed by atoms with van der Waals surface area (Å²) in [6, 6.07) is 12.2. The third-order valence-electron chi connectivity index (χ3n) is 3.05. The zero-order valence-corrected chi connectivity index (χ0v) is 12.5. The number of rotatable bonds is 6. The SMILES string of the molecule is COc1ccccc1/C=C/C(=O)OCC(=O)c1ccc(F)cc1. The van der Waals surface area contributed by atoms with Crippen molar-refractivity contribution in [3.05, 3.63) is 71.6 Å². The predicted octanol–water partition coefficient (Wildman–Crippen LogP) is 3.27. The molecule has 0 bridgehead atoms. The normalized spacial score (nSPS) is 10.5. The highest BCUT2D eigenvalue weighted by Crippen LogP contribution is 2.18. The Labute approximate surface area is 133 Å². The first kappa shape index (κ1) is 16.4. The fourth-order valence-electron chi connectivity index (χ4n) is 1.87. The molecule has 0 atom stereocenters. The van der Waals surface area contributed by atoms with Crippen LogP contribution in [0.1, 0.15) is 15.9 Å². The maximum Gasteiger partial charge on any atom is 0.331 e. The minimum atomic E-state index is -0.647. The van der Waals surface area contributed by atoms with Gasteiger partial charge in [0.25, 0.3) is 0 Å². The maximum absolute atomic E-state index is 12.8. The molecule has 0 radical (unpaired) electrons. The van der Waals surface area contributed by atoms with E-state index in [1.165, 1.54) is 37.5 Å². The summed E-state index contributed by atoms with van der Waals surface area (Å²) in [5.74, 6) is -0.854. The number of esters is 1. The van der Waals surface area contributed by atoms with E-state index >= 15 is 0 Å². The molecule has 0 aliphatic carbocycles. The second kappa shape index (κ2) is 7.89. The number of Topliss-reactive ketones (excluding diaryl/α,β-unsaturated/α-hetero) is 1. The first-order chi connectivity index (χ1) is 11.1. The molecule has 118 valence electrons. The summed E-state index contributed by atoms with van der Waals surface area (Å²) in [6.45, 7) is -0.402. The van der Waals surface area contributed by atoms with Crippen LogP contribution in [0, 0.1) is 5.82 Å². The van der Waals surface area contributed by atoms with Crippen LogP contribution < -0.4 is 4.74 Å². The Kier molecular flexibility index (Phi) is 5.63. The van der Waals surface area contributed by atoms with Gasteiger partial charge in [-0.25, -0.2) is 9.18 Å². The number of hydrogen-bond donors (Lipinski definition) is 0. The lowest BCUT2D eigenvalue weighted by Crippen LogP contribution is -2.12. The van der Waals surface area contributed by atoms with Gasteiger partial charge in [0, 0.05) is 17.2 Å². The molecule has 0 heterocycles. The number of halogens is 1. The van der Waals surface area contributed by atoms with Gasteiger partial charge in [-0.2, -0.15) is 0 Å². The van der Waals surface area contributed by atoms with E-state index in [1.54, 1.807) is 18.2 Å². The van der Waals surface area contributed by atoms with Gasteiger partial charge < -0.3 is 9.47 Å². The topological polar surface area (TPSA) is 52.6 Å². The number of carbonyl (C=O) groups is 2. The highest BCUT2D eigenvalue weighted by Gasteiger charge is 2.08. The van der Waals surface area contributed by atoms with E-state index in [-0.39, 0.29) is 5.56 Å². The van der Waals surface area contributed by atoms with E-state index in [2.05, 4.69) is 0 Å². The van der Waals surface area contributed by atoms with Crippen molar-refractivity contribution < 1.29 is 23.5 Å². The van der Waals surface area contributed by atoms with Gasteiger partial charge >= 0.3 is 5.97 Å². The largest absolute Gasteiger partial charge is 0.496 e. The van der Waals surface area contributed by atoms with Crippen molar-refractivity contribution in [2.24, 2.45) is 0 Å². The molecule has 0 N–H and O–H groups in total. The van der Waals surface area contributed by atoms with Crippen molar-refractivity contribution in [1.82, 2.24) is 0 Å².